The largest absolute Gasteiger partial charge is 0.493 e. The number of para-hydroxylation sites is 1. The van der Waals surface area contributed by atoms with Crippen LogP contribution < -0.4 is 19.2 Å². The number of hydrogen-bond acceptors (Lipinski definition) is 6. The normalized spacial score (nSPS) is 11.2. The molecule has 0 spiro atoms. The van der Waals surface area contributed by atoms with Crippen LogP contribution in [0.4, 0.5) is 10.1 Å². The second kappa shape index (κ2) is 12.0. The molecule has 3 rings (SSSR count). The Morgan fingerprint density at radius 2 is 1.83 bits per heavy atom. The fourth-order valence-electron chi connectivity index (χ4n) is 3.17. The molecule has 0 unspecified atom stereocenters. The van der Waals surface area contributed by atoms with Crippen molar-refractivity contribution in [2.24, 2.45) is 5.10 Å². The first kappa shape index (κ1) is 26.4. The Hall–Kier alpha value is -4.18. The SMILES string of the molecule is C=CCOc1ccc(/C=N/NC(=O)CN(c2ccccc2F)S(=O)(=O)c2ccc(C)cc2)cc1OC. The molecule has 3 aromatic rings. The Kier molecular flexibility index (Phi) is 8.80. The van der Waals surface area contributed by atoms with E-state index in [0.29, 0.717) is 28.0 Å². The maximum Gasteiger partial charge on any atom is 0.264 e. The van der Waals surface area contributed by atoms with Gasteiger partial charge in [0.2, 0.25) is 0 Å². The van der Waals surface area contributed by atoms with E-state index in [0.717, 1.165) is 11.6 Å². The maximum atomic E-state index is 14.6. The van der Waals surface area contributed by atoms with Gasteiger partial charge in [0.15, 0.2) is 11.5 Å². The van der Waals surface area contributed by atoms with Crippen LogP contribution in [0, 0.1) is 12.7 Å². The number of nitrogens with one attached hydrogen (secondary N) is 1. The first-order valence-electron chi connectivity index (χ1n) is 10.8. The van der Waals surface area contributed by atoms with E-state index in [1.165, 1.54) is 43.7 Å². The zero-order valence-electron chi connectivity index (χ0n) is 19.8. The van der Waals surface area contributed by atoms with Gasteiger partial charge in [0.05, 0.1) is 23.9 Å². The number of rotatable bonds is 11. The summed E-state index contributed by atoms with van der Waals surface area (Å²) in [4.78, 5) is 12.6. The molecule has 0 aliphatic heterocycles. The van der Waals surface area contributed by atoms with Crippen molar-refractivity contribution in [1.82, 2.24) is 5.43 Å². The van der Waals surface area contributed by atoms with Crippen molar-refractivity contribution < 1.29 is 27.1 Å². The van der Waals surface area contributed by atoms with Gasteiger partial charge in [0, 0.05) is 0 Å². The molecule has 0 radical (unpaired) electrons. The number of amides is 1. The van der Waals surface area contributed by atoms with E-state index in [-0.39, 0.29) is 10.6 Å². The molecule has 1 N–H and O–H groups in total. The van der Waals surface area contributed by atoms with Crippen LogP contribution in [-0.2, 0) is 14.8 Å². The lowest BCUT2D eigenvalue weighted by molar-refractivity contribution is -0.119. The van der Waals surface area contributed by atoms with Crippen LogP contribution >= 0.6 is 0 Å². The van der Waals surface area contributed by atoms with Crippen molar-refractivity contribution in [3.63, 3.8) is 0 Å². The first-order valence-corrected chi connectivity index (χ1v) is 12.3. The third-order valence-electron chi connectivity index (χ3n) is 4.96. The monoisotopic (exact) mass is 511 g/mol. The number of halogens is 1. The number of methoxy groups -OCH3 is 1. The molecule has 0 aromatic heterocycles. The third kappa shape index (κ3) is 6.48. The maximum absolute atomic E-state index is 14.6. The highest BCUT2D eigenvalue weighted by Crippen LogP contribution is 2.28. The molecule has 10 heteroatoms. The minimum absolute atomic E-state index is 0.0708. The standard InChI is InChI=1S/C26H26FN3O5S/c1-4-15-35-24-14-11-20(16-25(24)34-3)17-28-29-26(31)18-30(23-8-6-5-7-22(23)27)36(32,33)21-12-9-19(2)10-13-21/h4-14,16-17H,1,15,18H2,2-3H3,(H,29,31)/b28-17+. The molecule has 0 bridgehead atoms. The van der Waals surface area contributed by atoms with Gasteiger partial charge in [-0.15, -0.1) is 0 Å². The Bertz CT molecular complexity index is 1360. The Labute approximate surface area is 209 Å². The number of hydrogen-bond donors (Lipinski definition) is 1. The molecule has 3 aromatic carbocycles. The van der Waals surface area contributed by atoms with Crippen molar-refractivity contribution in [3.8, 4) is 11.5 Å². The van der Waals surface area contributed by atoms with Crippen LogP contribution in [0.15, 0.2) is 89.4 Å². The van der Waals surface area contributed by atoms with Gasteiger partial charge in [0.25, 0.3) is 15.9 Å². The Morgan fingerprint density at radius 1 is 1.11 bits per heavy atom. The van der Waals surface area contributed by atoms with Crippen molar-refractivity contribution >= 4 is 27.8 Å². The molecule has 188 valence electrons. The molecule has 0 heterocycles. The average molecular weight is 512 g/mol. The van der Waals surface area contributed by atoms with Crippen LogP contribution in [0.5, 0.6) is 11.5 Å². The fourth-order valence-corrected chi connectivity index (χ4v) is 4.60. The number of benzene rings is 3. The summed E-state index contributed by atoms with van der Waals surface area (Å²) in [5, 5.41) is 3.89. The van der Waals surface area contributed by atoms with Crippen molar-refractivity contribution in [1.29, 1.82) is 0 Å². The lowest BCUT2D eigenvalue weighted by Crippen LogP contribution is -2.40. The van der Waals surface area contributed by atoms with E-state index < -0.39 is 28.3 Å². The summed E-state index contributed by atoms with van der Waals surface area (Å²) >= 11 is 0. The van der Waals surface area contributed by atoms with Gasteiger partial charge in [0.1, 0.15) is 19.0 Å². The Balaban J connectivity index is 1.80. The number of sulfonamides is 1. The lowest BCUT2D eigenvalue weighted by Gasteiger charge is -2.24. The van der Waals surface area contributed by atoms with Gasteiger partial charge in [-0.1, -0.05) is 42.5 Å². The van der Waals surface area contributed by atoms with Gasteiger partial charge >= 0.3 is 0 Å². The summed E-state index contributed by atoms with van der Waals surface area (Å²) < 4.78 is 52.7. The van der Waals surface area contributed by atoms with Crippen molar-refractivity contribution in [2.45, 2.75) is 11.8 Å². The molecule has 1 amide bonds. The zero-order valence-corrected chi connectivity index (χ0v) is 20.7. The molecule has 0 saturated heterocycles. The molecule has 0 atom stereocenters. The molecule has 0 fully saturated rings. The topological polar surface area (TPSA) is 97.3 Å². The number of hydrazone groups is 1. The minimum Gasteiger partial charge on any atom is -0.493 e. The smallest absolute Gasteiger partial charge is 0.264 e. The fraction of sp³-hybridized carbons (Fsp3) is 0.154. The zero-order chi connectivity index (χ0) is 26.1. The summed E-state index contributed by atoms with van der Waals surface area (Å²) in [5.41, 5.74) is 3.48. The lowest BCUT2D eigenvalue weighted by atomic mass is 10.2. The van der Waals surface area contributed by atoms with Crippen LogP contribution in [0.2, 0.25) is 0 Å². The van der Waals surface area contributed by atoms with E-state index >= 15 is 0 Å². The number of carbonyl (C=O) groups excluding carboxylic acids is 1. The van der Waals surface area contributed by atoms with Crippen LogP contribution in [0.3, 0.4) is 0 Å². The van der Waals surface area contributed by atoms with Gasteiger partial charge in [-0.05, 0) is 55.0 Å². The molecule has 0 aliphatic rings. The number of ether oxygens (including phenoxy) is 2. The van der Waals surface area contributed by atoms with Gasteiger partial charge in [-0.3, -0.25) is 9.10 Å². The van der Waals surface area contributed by atoms with Crippen LogP contribution in [-0.4, -0.2) is 40.8 Å². The van der Waals surface area contributed by atoms with Gasteiger partial charge < -0.3 is 9.47 Å². The van der Waals surface area contributed by atoms with Gasteiger partial charge in [-0.25, -0.2) is 18.2 Å². The summed E-state index contributed by atoms with van der Waals surface area (Å²) in [6, 6.07) is 16.4. The average Bonchev–Trinajstić information content (AvgIpc) is 2.87. The number of anilines is 1. The Morgan fingerprint density at radius 3 is 2.50 bits per heavy atom. The second-order valence-corrected chi connectivity index (χ2v) is 9.44. The number of carbonyl (C=O) groups is 1. The van der Waals surface area contributed by atoms with Crippen molar-refractivity contribution in [3.05, 3.63) is 96.3 Å². The van der Waals surface area contributed by atoms with E-state index in [9.17, 15) is 17.6 Å². The summed E-state index contributed by atoms with van der Waals surface area (Å²) in [7, 11) is -2.75. The van der Waals surface area contributed by atoms with E-state index in [4.69, 9.17) is 9.47 Å². The molecule has 0 aliphatic carbocycles. The van der Waals surface area contributed by atoms with Gasteiger partial charge in [-0.2, -0.15) is 5.10 Å². The highest BCUT2D eigenvalue weighted by atomic mass is 32.2. The predicted octanol–water partition coefficient (Wildman–Crippen LogP) is 4.05. The summed E-state index contributed by atoms with van der Waals surface area (Å²) in [5.74, 6) is -0.569. The summed E-state index contributed by atoms with van der Waals surface area (Å²) in [6.07, 6.45) is 2.97. The van der Waals surface area contributed by atoms with E-state index in [1.807, 2.05) is 6.92 Å². The molecular weight excluding hydrogens is 485 g/mol. The van der Waals surface area contributed by atoms with E-state index in [2.05, 4.69) is 17.1 Å². The molecular formula is C26H26FN3O5S. The third-order valence-corrected chi connectivity index (χ3v) is 6.74. The number of aryl methyl sites for hydroxylation is 1. The molecule has 0 saturated carbocycles. The highest BCUT2D eigenvalue weighted by molar-refractivity contribution is 7.92. The number of nitrogens with zero attached hydrogens (tertiary/aromatic N) is 2. The first-order chi connectivity index (χ1) is 17.3. The minimum atomic E-state index is -4.24. The molecule has 36 heavy (non-hydrogen) atoms. The predicted molar refractivity (Wildman–Crippen MR) is 137 cm³/mol. The second-order valence-electron chi connectivity index (χ2n) is 7.58. The highest BCUT2D eigenvalue weighted by Gasteiger charge is 2.29. The van der Waals surface area contributed by atoms with Crippen molar-refractivity contribution in [2.75, 3.05) is 24.6 Å². The van der Waals surface area contributed by atoms with Crippen LogP contribution in [0.25, 0.3) is 0 Å². The molecule has 8 nitrogen and oxygen atoms in total. The summed E-state index contributed by atoms with van der Waals surface area (Å²) in [6.45, 7) is 5.03. The quantitative estimate of drug-likeness (QED) is 0.238. The van der Waals surface area contributed by atoms with Crippen LogP contribution in [0.1, 0.15) is 11.1 Å². The van der Waals surface area contributed by atoms with E-state index in [1.54, 1.807) is 36.4 Å².